The Kier molecular flexibility index (Phi) is 7.52. The number of aromatic nitrogens is 2. The van der Waals surface area contributed by atoms with E-state index >= 15 is 0 Å². The standard InChI is InChI=1S/C25H33N3O5S/c1-18-26-24(16-27(18)2)34(31,32)28-14-12-22(13-15-28)25(30)33-17-23(29)21-10-8-20(9-11-21)19-6-4-3-5-7-19/h8-11,16,19,22H,3-7,12-15,17H2,1-2H3. The molecule has 2 fully saturated rings. The Balaban J connectivity index is 1.26. The van der Waals surface area contributed by atoms with Crippen LogP contribution in [0.3, 0.4) is 0 Å². The van der Waals surface area contributed by atoms with E-state index in [9.17, 15) is 18.0 Å². The molecule has 1 saturated heterocycles. The van der Waals surface area contributed by atoms with Crippen LogP contribution in [0.25, 0.3) is 0 Å². The highest BCUT2D eigenvalue weighted by atomic mass is 32.2. The third-order valence-electron chi connectivity index (χ3n) is 7.13. The van der Waals surface area contributed by atoms with E-state index in [0.29, 0.717) is 30.1 Å². The van der Waals surface area contributed by atoms with Crippen molar-refractivity contribution in [2.75, 3.05) is 19.7 Å². The molecule has 1 aliphatic carbocycles. The van der Waals surface area contributed by atoms with Crippen molar-refractivity contribution < 1.29 is 22.7 Å². The zero-order valence-electron chi connectivity index (χ0n) is 19.9. The Bertz CT molecular complexity index is 1110. The number of hydrogen-bond acceptors (Lipinski definition) is 6. The van der Waals surface area contributed by atoms with Gasteiger partial charge in [-0.1, -0.05) is 43.5 Å². The number of rotatable bonds is 7. The first-order valence-electron chi connectivity index (χ1n) is 12.1. The zero-order chi connectivity index (χ0) is 24.3. The van der Waals surface area contributed by atoms with E-state index in [0.717, 1.165) is 0 Å². The number of piperidine rings is 1. The first-order valence-corrected chi connectivity index (χ1v) is 13.5. The summed E-state index contributed by atoms with van der Waals surface area (Å²) in [5, 5.41) is 0.0219. The third kappa shape index (κ3) is 5.41. The third-order valence-corrected chi connectivity index (χ3v) is 8.90. The number of ether oxygens (including phenoxy) is 1. The van der Waals surface area contributed by atoms with Crippen LogP contribution < -0.4 is 0 Å². The van der Waals surface area contributed by atoms with Crippen LogP contribution in [0, 0.1) is 12.8 Å². The van der Waals surface area contributed by atoms with Crippen molar-refractivity contribution in [3.63, 3.8) is 0 Å². The first-order chi connectivity index (χ1) is 16.3. The molecular formula is C25H33N3O5S. The van der Waals surface area contributed by atoms with Gasteiger partial charge in [0.1, 0.15) is 5.82 Å². The van der Waals surface area contributed by atoms with Crippen molar-refractivity contribution in [1.82, 2.24) is 13.9 Å². The number of Topliss-reactive ketones (excluding diaryl/α,β-unsaturated/α-hetero) is 1. The van der Waals surface area contributed by atoms with Crippen molar-refractivity contribution in [3.8, 4) is 0 Å². The van der Waals surface area contributed by atoms with Gasteiger partial charge in [0.05, 0.1) is 5.92 Å². The maximum atomic E-state index is 12.8. The molecule has 0 unspecified atom stereocenters. The van der Waals surface area contributed by atoms with E-state index in [1.165, 1.54) is 48.2 Å². The summed E-state index contributed by atoms with van der Waals surface area (Å²) in [6, 6.07) is 7.68. The molecule has 2 heterocycles. The second-order valence-electron chi connectivity index (χ2n) is 9.40. The molecule has 0 bridgehead atoms. The molecule has 1 aromatic heterocycles. The van der Waals surface area contributed by atoms with Crippen LogP contribution in [0.15, 0.2) is 35.5 Å². The summed E-state index contributed by atoms with van der Waals surface area (Å²) in [5.41, 5.74) is 1.81. The van der Waals surface area contributed by atoms with Gasteiger partial charge < -0.3 is 9.30 Å². The number of carbonyl (C=O) groups is 2. The minimum absolute atomic E-state index is 0.0219. The summed E-state index contributed by atoms with van der Waals surface area (Å²) in [5.74, 6) is 0.0998. The molecule has 0 radical (unpaired) electrons. The SMILES string of the molecule is Cc1nc(S(=O)(=O)N2CCC(C(=O)OCC(=O)c3ccc(C4CCCCC4)cc3)CC2)cn1C. The number of nitrogens with zero attached hydrogens (tertiary/aromatic N) is 3. The van der Waals surface area contributed by atoms with Crippen molar-refractivity contribution in [1.29, 1.82) is 0 Å². The van der Waals surface area contributed by atoms with Gasteiger partial charge >= 0.3 is 5.97 Å². The lowest BCUT2D eigenvalue weighted by molar-refractivity contribution is -0.148. The summed E-state index contributed by atoms with van der Waals surface area (Å²) in [6.07, 6.45) is 8.43. The molecule has 0 amide bonds. The minimum atomic E-state index is -3.69. The molecule has 9 heteroatoms. The normalized spacial score (nSPS) is 18.6. The second kappa shape index (κ2) is 10.4. The molecule has 0 N–H and O–H groups in total. The highest BCUT2D eigenvalue weighted by molar-refractivity contribution is 7.89. The molecule has 1 aliphatic heterocycles. The van der Waals surface area contributed by atoms with Gasteiger partial charge in [-0.2, -0.15) is 4.31 Å². The lowest BCUT2D eigenvalue weighted by Gasteiger charge is -2.29. The van der Waals surface area contributed by atoms with Crippen LogP contribution >= 0.6 is 0 Å². The van der Waals surface area contributed by atoms with Gasteiger partial charge in [-0.3, -0.25) is 9.59 Å². The summed E-state index contributed by atoms with van der Waals surface area (Å²) in [4.78, 5) is 29.2. The zero-order valence-corrected chi connectivity index (χ0v) is 20.7. The van der Waals surface area contributed by atoms with Gasteiger partial charge in [-0.05, 0) is 44.1 Å². The van der Waals surface area contributed by atoms with Crippen molar-refractivity contribution in [2.45, 2.75) is 62.8 Å². The quantitative estimate of drug-likeness (QED) is 0.437. The average Bonchev–Trinajstić information content (AvgIpc) is 3.22. The number of aryl methyl sites for hydroxylation is 2. The van der Waals surface area contributed by atoms with Gasteiger partial charge in [0, 0.05) is 31.9 Å². The van der Waals surface area contributed by atoms with Crippen LogP contribution in [0.5, 0.6) is 0 Å². The summed E-state index contributed by atoms with van der Waals surface area (Å²) in [6.45, 7) is 1.88. The molecule has 4 rings (SSSR count). The fourth-order valence-electron chi connectivity index (χ4n) is 4.83. The van der Waals surface area contributed by atoms with Gasteiger partial charge in [0.2, 0.25) is 0 Å². The molecule has 184 valence electrons. The molecule has 0 spiro atoms. The Morgan fingerprint density at radius 3 is 2.26 bits per heavy atom. The van der Waals surface area contributed by atoms with Gasteiger partial charge in [0.25, 0.3) is 10.0 Å². The number of esters is 1. The number of hydrogen-bond donors (Lipinski definition) is 0. The maximum absolute atomic E-state index is 12.8. The molecule has 1 saturated carbocycles. The predicted molar refractivity (Wildman–Crippen MR) is 127 cm³/mol. The topological polar surface area (TPSA) is 98.6 Å². The fourth-order valence-corrected chi connectivity index (χ4v) is 6.32. The summed E-state index contributed by atoms with van der Waals surface area (Å²) >= 11 is 0. The van der Waals surface area contributed by atoms with Crippen LogP contribution in [-0.4, -0.2) is 53.7 Å². The highest BCUT2D eigenvalue weighted by Crippen LogP contribution is 2.32. The fraction of sp³-hybridized carbons (Fsp3) is 0.560. The van der Waals surface area contributed by atoms with Crippen LogP contribution in [-0.2, 0) is 26.6 Å². The average molecular weight is 488 g/mol. The van der Waals surface area contributed by atoms with Crippen LogP contribution in [0.4, 0.5) is 0 Å². The second-order valence-corrected chi connectivity index (χ2v) is 11.3. The maximum Gasteiger partial charge on any atom is 0.309 e. The monoisotopic (exact) mass is 487 g/mol. The van der Waals surface area contributed by atoms with Gasteiger partial charge in [0.15, 0.2) is 17.4 Å². The van der Waals surface area contributed by atoms with Crippen molar-refractivity contribution in [2.24, 2.45) is 13.0 Å². The smallest absolute Gasteiger partial charge is 0.309 e. The number of benzene rings is 1. The molecule has 0 atom stereocenters. The predicted octanol–water partition coefficient (Wildman–Crippen LogP) is 3.60. The Morgan fingerprint density at radius 2 is 1.68 bits per heavy atom. The van der Waals surface area contributed by atoms with Crippen molar-refractivity contribution >= 4 is 21.8 Å². The number of imidazole rings is 1. The molecule has 2 aliphatic rings. The number of sulfonamides is 1. The Labute approximate surface area is 201 Å². The van der Waals surface area contributed by atoms with E-state index in [1.54, 1.807) is 18.5 Å². The summed E-state index contributed by atoms with van der Waals surface area (Å²) < 4.78 is 34.0. The summed E-state index contributed by atoms with van der Waals surface area (Å²) in [7, 11) is -1.95. The lowest BCUT2D eigenvalue weighted by atomic mass is 9.84. The molecule has 34 heavy (non-hydrogen) atoms. The van der Waals surface area contributed by atoms with E-state index in [-0.39, 0.29) is 30.5 Å². The largest absolute Gasteiger partial charge is 0.457 e. The number of ketones is 1. The van der Waals surface area contributed by atoms with Crippen LogP contribution in [0.1, 0.15) is 72.6 Å². The molecular weight excluding hydrogens is 454 g/mol. The molecule has 8 nitrogen and oxygen atoms in total. The van der Waals surface area contributed by atoms with E-state index < -0.39 is 21.9 Å². The minimum Gasteiger partial charge on any atom is -0.457 e. The van der Waals surface area contributed by atoms with E-state index in [4.69, 9.17) is 4.74 Å². The lowest BCUT2D eigenvalue weighted by Crippen LogP contribution is -2.41. The van der Waals surface area contributed by atoms with E-state index in [2.05, 4.69) is 4.98 Å². The van der Waals surface area contributed by atoms with Gasteiger partial charge in [-0.15, -0.1) is 0 Å². The highest BCUT2D eigenvalue weighted by Gasteiger charge is 2.34. The first kappa shape index (κ1) is 24.6. The Morgan fingerprint density at radius 1 is 1.03 bits per heavy atom. The van der Waals surface area contributed by atoms with Gasteiger partial charge in [-0.25, -0.2) is 13.4 Å². The molecule has 2 aromatic rings. The van der Waals surface area contributed by atoms with Crippen molar-refractivity contribution in [3.05, 3.63) is 47.4 Å². The molecule has 1 aromatic carbocycles. The van der Waals surface area contributed by atoms with E-state index in [1.807, 2.05) is 24.3 Å². The number of carbonyl (C=O) groups excluding carboxylic acids is 2. The Hall–Kier alpha value is -2.52. The van der Waals surface area contributed by atoms with Crippen LogP contribution in [0.2, 0.25) is 0 Å².